The van der Waals surface area contributed by atoms with E-state index in [4.69, 9.17) is 14.8 Å². The Labute approximate surface area is 217 Å². The third-order valence-corrected chi connectivity index (χ3v) is 7.26. The van der Waals surface area contributed by atoms with E-state index >= 15 is 0 Å². The summed E-state index contributed by atoms with van der Waals surface area (Å²) < 4.78 is 8.64. The van der Waals surface area contributed by atoms with Crippen molar-refractivity contribution in [1.82, 2.24) is 19.7 Å². The van der Waals surface area contributed by atoms with Gasteiger partial charge in [-0.2, -0.15) is 0 Å². The van der Waals surface area contributed by atoms with Gasteiger partial charge in [0.25, 0.3) is 0 Å². The van der Waals surface area contributed by atoms with Gasteiger partial charge in [0, 0.05) is 47.0 Å². The van der Waals surface area contributed by atoms with Crippen LogP contribution in [0.5, 0.6) is 0 Å². The van der Waals surface area contributed by atoms with Gasteiger partial charge in [-0.1, -0.05) is 88.4 Å². The molecule has 0 amide bonds. The molecule has 5 nitrogen and oxygen atoms in total. The minimum absolute atomic E-state index is 0.680. The Hall–Kier alpha value is -3.00. The Balaban J connectivity index is 1.58. The second-order valence-electron chi connectivity index (χ2n) is 8.16. The molecular formula is C28H25BrN4OS. The molecule has 0 aliphatic heterocycles. The number of rotatable bonds is 9. The molecule has 0 fully saturated rings. The van der Waals surface area contributed by atoms with E-state index < -0.39 is 0 Å². The van der Waals surface area contributed by atoms with Crippen LogP contribution in [0.3, 0.4) is 0 Å². The minimum Gasteiger partial charge on any atom is -0.385 e. The number of fused-ring (bicyclic) bond motifs is 1. The summed E-state index contributed by atoms with van der Waals surface area (Å²) in [6.45, 7) is 1.45. The lowest BCUT2D eigenvalue weighted by atomic mass is 10.0. The Morgan fingerprint density at radius 1 is 0.914 bits per heavy atom. The number of pyridine rings is 1. The molecule has 0 aliphatic carbocycles. The predicted octanol–water partition coefficient (Wildman–Crippen LogP) is 7.25. The lowest BCUT2D eigenvalue weighted by Gasteiger charge is -2.13. The van der Waals surface area contributed by atoms with Crippen LogP contribution in [0.2, 0.25) is 0 Å². The summed E-state index contributed by atoms with van der Waals surface area (Å²) in [5.74, 6) is 1.67. The van der Waals surface area contributed by atoms with E-state index in [0.29, 0.717) is 6.61 Å². The zero-order valence-corrected chi connectivity index (χ0v) is 21.8. The average Bonchev–Trinajstić information content (AvgIpc) is 3.30. The van der Waals surface area contributed by atoms with Gasteiger partial charge in [0.15, 0.2) is 11.0 Å². The van der Waals surface area contributed by atoms with Crippen LogP contribution in [0, 0.1) is 0 Å². The normalized spacial score (nSPS) is 11.3. The molecule has 0 saturated heterocycles. The maximum absolute atomic E-state index is 5.34. The van der Waals surface area contributed by atoms with Crippen molar-refractivity contribution in [3.05, 3.63) is 95.0 Å². The largest absolute Gasteiger partial charge is 0.385 e. The number of aromatic nitrogens is 4. The summed E-state index contributed by atoms with van der Waals surface area (Å²) in [6, 6.07) is 29.0. The van der Waals surface area contributed by atoms with Crippen LogP contribution in [0.25, 0.3) is 33.5 Å². The van der Waals surface area contributed by atoms with E-state index in [1.54, 1.807) is 18.9 Å². The van der Waals surface area contributed by atoms with Crippen molar-refractivity contribution < 1.29 is 4.74 Å². The van der Waals surface area contributed by atoms with Gasteiger partial charge < -0.3 is 9.30 Å². The maximum atomic E-state index is 5.34. The molecule has 0 radical (unpaired) electrons. The number of methoxy groups -OCH3 is 1. The second-order valence-corrected chi connectivity index (χ2v) is 10.0. The molecule has 2 heterocycles. The van der Waals surface area contributed by atoms with Gasteiger partial charge in [0.2, 0.25) is 0 Å². The second kappa shape index (κ2) is 11.2. The molecule has 5 aromatic rings. The van der Waals surface area contributed by atoms with Gasteiger partial charge in [0.05, 0.1) is 11.2 Å². The van der Waals surface area contributed by atoms with Crippen LogP contribution < -0.4 is 0 Å². The zero-order valence-electron chi connectivity index (χ0n) is 19.4. The Bertz CT molecular complexity index is 1440. The number of ether oxygens (including phenoxy) is 1. The van der Waals surface area contributed by atoms with Crippen molar-refractivity contribution in [2.45, 2.75) is 23.9 Å². The lowest BCUT2D eigenvalue weighted by Crippen LogP contribution is -2.06. The van der Waals surface area contributed by atoms with Gasteiger partial charge in [-0.3, -0.25) is 0 Å². The number of halogens is 1. The molecular weight excluding hydrogens is 520 g/mol. The van der Waals surface area contributed by atoms with Crippen molar-refractivity contribution in [3.63, 3.8) is 0 Å². The number of para-hydroxylation sites is 1. The molecule has 0 N–H and O–H groups in total. The predicted molar refractivity (Wildman–Crippen MR) is 146 cm³/mol. The third kappa shape index (κ3) is 5.48. The summed E-state index contributed by atoms with van der Waals surface area (Å²) in [6.07, 6.45) is 0.876. The van der Waals surface area contributed by atoms with Crippen LogP contribution in [0.1, 0.15) is 12.0 Å². The average molecular weight is 546 g/mol. The molecule has 0 unspecified atom stereocenters. The van der Waals surface area contributed by atoms with Gasteiger partial charge in [-0.25, -0.2) is 4.98 Å². The third-order valence-electron chi connectivity index (χ3n) is 5.73. The Kier molecular flexibility index (Phi) is 7.57. The lowest BCUT2D eigenvalue weighted by molar-refractivity contribution is 0.189. The highest BCUT2D eigenvalue weighted by Gasteiger charge is 2.18. The SMILES string of the molecule is COCCCn1c(SCc2cccc(Br)c2)nnc1-c1cc(-c2ccccc2)nc2ccccc12. The van der Waals surface area contributed by atoms with E-state index in [-0.39, 0.29) is 0 Å². The van der Waals surface area contributed by atoms with E-state index in [1.165, 1.54) is 5.56 Å². The van der Waals surface area contributed by atoms with Crippen LogP contribution in [-0.2, 0) is 17.0 Å². The fourth-order valence-electron chi connectivity index (χ4n) is 4.06. The van der Waals surface area contributed by atoms with Crippen molar-refractivity contribution in [1.29, 1.82) is 0 Å². The van der Waals surface area contributed by atoms with Crippen molar-refractivity contribution in [3.8, 4) is 22.6 Å². The van der Waals surface area contributed by atoms with Crippen LogP contribution >= 0.6 is 27.7 Å². The molecule has 0 atom stereocenters. The Morgan fingerprint density at radius 2 is 1.74 bits per heavy atom. The standard InChI is InChI=1S/C28H25BrN4OS/c1-34-16-8-15-33-27(31-32-28(33)35-19-20-9-7-12-22(29)17-20)24-18-26(21-10-3-2-4-11-21)30-25-14-6-5-13-23(24)25/h2-7,9-14,17-18H,8,15-16,19H2,1H3. The topological polar surface area (TPSA) is 52.8 Å². The maximum Gasteiger partial charge on any atom is 0.191 e. The van der Waals surface area contributed by atoms with Crippen LogP contribution in [-0.4, -0.2) is 33.5 Å². The van der Waals surface area contributed by atoms with Crippen molar-refractivity contribution in [2.75, 3.05) is 13.7 Å². The van der Waals surface area contributed by atoms with Crippen LogP contribution in [0.15, 0.2) is 94.6 Å². The quantitative estimate of drug-likeness (QED) is 0.144. The molecule has 0 bridgehead atoms. The van der Waals surface area contributed by atoms with Crippen molar-refractivity contribution in [2.24, 2.45) is 0 Å². The minimum atomic E-state index is 0.680. The molecule has 35 heavy (non-hydrogen) atoms. The van der Waals surface area contributed by atoms with Gasteiger partial charge >= 0.3 is 0 Å². The smallest absolute Gasteiger partial charge is 0.191 e. The van der Waals surface area contributed by atoms with Crippen molar-refractivity contribution >= 4 is 38.6 Å². The molecule has 5 rings (SSSR count). The van der Waals surface area contributed by atoms with E-state index in [0.717, 1.165) is 61.9 Å². The zero-order chi connectivity index (χ0) is 24.0. The van der Waals surface area contributed by atoms with E-state index in [9.17, 15) is 0 Å². The molecule has 176 valence electrons. The Morgan fingerprint density at radius 3 is 2.57 bits per heavy atom. The summed E-state index contributed by atoms with van der Waals surface area (Å²) in [5.41, 5.74) is 5.22. The summed E-state index contributed by atoms with van der Waals surface area (Å²) >= 11 is 5.27. The molecule has 7 heteroatoms. The van der Waals surface area contributed by atoms with Gasteiger partial charge in [-0.05, 0) is 36.2 Å². The number of nitrogens with zero attached hydrogens (tertiary/aromatic N) is 4. The molecule has 0 aliphatic rings. The van der Waals surface area contributed by atoms with Crippen LogP contribution in [0.4, 0.5) is 0 Å². The first-order chi connectivity index (χ1) is 17.2. The number of hydrogen-bond acceptors (Lipinski definition) is 5. The number of hydrogen-bond donors (Lipinski definition) is 0. The molecule has 2 aromatic heterocycles. The summed E-state index contributed by atoms with van der Waals surface area (Å²) in [5, 5.41) is 11.3. The summed E-state index contributed by atoms with van der Waals surface area (Å²) in [4.78, 5) is 4.94. The first kappa shape index (κ1) is 23.7. The number of benzene rings is 3. The first-order valence-electron chi connectivity index (χ1n) is 11.5. The first-order valence-corrected chi connectivity index (χ1v) is 13.3. The molecule has 0 spiro atoms. The highest BCUT2D eigenvalue weighted by atomic mass is 79.9. The number of thioether (sulfide) groups is 1. The molecule has 3 aromatic carbocycles. The molecule has 0 saturated carbocycles. The summed E-state index contributed by atoms with van der Waals surface area (Å²) in [7, 11) is 1.73. The fraction of sp³-hybridized carbons (Fsp3) is 0.179. The highest BCUT2D eigenvalue weighted by molar-refractivity contribution is 9.10. The fourth-order valence-corrected chi connectivity index (χ4v) is 5.41. The van der Waals surface area contributed by atoms with Gasteiger partial charge in [0.1, 0.15) is 0 Å². The van der Waals surface area contributed by atoms with Gasteiger partial charge in [-0.15, -0.1) is 10.2 Å². The monoisotopic (exact) mass is 544 g/mol. The van der Waals surface area contributed by atoms with E-state index in [2.05, 4.69) is 74.1 Å². The highest BCUT2D eigenvalue weighted by Crippen LogP contribution is 2.34. The van der Waals surface area contributed by atoms with E-state index in [1.807, 2.05) is 36.4 Å².